The number of anilines is 1. The van der Waals surface area contributed by atoms with Gasteiger partial charge >= 0.3 is 0 Å². The monoisotopic (exact) mass is 385 g/mol. The fraction of sp³-hybridized carbons (Fsp3) is 0.211. The summed E-state index contributed by atoms with van der Waals surface area (Å²) in [6.07, 6.45) is -3.10. The molecule has 1 aromatic heterocycles. The lowest BCUT2D eigenvalue weighted by Gasteiger charge is -2.28. The van der Waals surface area contributed by atoms with Crippen molar-refractivity contribution in [2.24, 2.45) is 0 Å². The highest BCUT2D eigenvalue weighted by atomic mass is 19.3. The van der Waals surface area contributed by atoms with E-state index in [1.165, 1.54) is 0 Å². The second kappa shape index (κ2) is 7.26. The van der Waals surface area contributed by atoms with Gasteiger partial charge in [0.25, 0.3) is 12.3 Å². The lowest BCUT2D eigenvalue weighted by atomic mass is 10.0. The molecule has 2 aromatic carbocycles. The zero-order chi connectivity index (χ0) is 19.7. The van der Waals surface area contributed by atoms with Gasteiger partial charge in [-0.2, -0.15) is 15.4 Å². The molecule has 1 aliphatic heterocycles. The van der Waals surface area contributed by atoms with Crippen LogP contribution in [0, 0.1) is 6.92 Å². The summed E-state index contributed by atoms with van der Waals surface area (Å²) in [6, 6.07) is 12.1. The number of aromatic nitrogens is 3. The van der Waals surface area contributed by atoms with Gasteiger partial charge in [-0.05, 0) is 42.8 Å². The molecule has 0 fully saturated rings. The molecular weight excluding hydrogens is 368 g/mol. The maximum Gasteiger partial charge on any atom is 0.272 e. The quantitative estimate of drug-likeness (QED) is 0.627. The number of fused-ring (bicyclic) bond motifs is 1. The van der Waals surface area contributed by atoms with Crippen LogP contribution in [0.5, 0.6) is 5.75 Å². The number of nitrogens with one attached hydrogen (secondary N) is 3. The first kappa shape index (κ1) is 17.9. The molecule has 0 spiro atoms. The number of carbonyl (C=O) groups excluding carboxylic acids is 1. The molecule has 3 N–H and O–H groups in total. The Kier molecular flexibility index (Phi) is 4.64. The van der Waals surface area contributed by atoms with Crippen molar-refractivity contribution in [2.75, 3.05) is 11.9 Å². The highest BCUT2D eigenvalue weighted by molar-refractivity contribution is 6.02. The zero-order valence-electron chi connectivity index (χ0n) is 14.9. The summed E-state index contributed by atoms with van der Waals surface area (Å²) in [7, 11) is 0. The summed E-state index contributed by atoms with van der Waals surface area (Å²) in [5.41, 5.74) is 4.03. The summed E-state index contributed by atoms with van der Waals surface area (Å²) in [4.78, 5) is 12.5. The van der Waals surface area contributed by atoms with Crippen molar-refractivity contribution in [3.8, 4) is 17.0 Å². The summed E-state index contributed by atoms with van der Waals surface area (Å²) in [5.74, 6) is 0.134. The molecule has 1 atom stereocenters. The number of hydrogen-bond acceptors (Lipinski definition) is 5. The lowest BCUT2D eigenvalue weighted by Crippen LogP contribution is -2.39. The van der Waals surface area contributed by atoms with E-state index in [0.717, 1.165) is 11.3 Å². The Morgan fingerprint density at radius 3 is 2.64 bits per heavy atom. The molecule has 0 aliphatic carbocycles. The van der Waals surface area contributed by atoms with E-state index in [4.69, 9.17) is 4.74 Å². The molecule has 0 radical (unpaired) electrons. The van der Waals surface area contributed by atoms with Crippen molar-refractivity contribution in [2.45, 2.75) is 19.5 Å². The standard InChI is InChI=1S/C19H17F2N5O2/c1-10-3-2-4-13-15(10)22-18(23-19(13)27)17-16(24-26-25-17)11-5-7-12(8-6-11)28-9-14(20)21/h2-8,14,18,22H,9H2,1H3,(H,23,27)(H,24,25,26). The van der Waals surface area contributed by atoms with Gasteiger partial charge in [-0.25, -0.2) is 8.78 Å². The number of hydrogen-bond donors (Lipinski definition) is 3. The van der Waals surface area contributed by atoms with Gasteiger partial charge in [-0.15, -0.1) is 0 Å². The van der Waals surface area contributed by atoms with E-state index in [1.807, 2.05) is 19.1 Å². The zero-order valence-corrected chi connectivity index (χ0v) is 14.9. The van der Waals surface area contributed by atoms with Crippen molar-refractivity contribution in [1.82, 2.24) is 20.7 Å². The Morgan fingerprint density at radius 1 is 1.11 bits per heavy atom. The van der Waals surface area contributed by atoms with E-state index in [-0.39, 0.29) is 5.91 Å². The third kappa shape index (κ3) is 3.38. The predicted octanol–water partition coefficient (Wildman–Crippen LogP) is 3.28. The van der Waals surface area contributed by atoms with Crippen molar-refractivity contribution >= 4 is 11.6 Å². The van der Waals surface area contributed by atoms with Crippen LogP contribution in [0.15, 0.2) is 42.5 Å². The van der Waals surface area contributed by atoms with Gasteiger partial charge < -0.3 is 15.4 Å². The van der Waals surface area contributed by atoms with E-state index in [9.17, 15) is 13.6 Å². The van der Waals surface area contributed by atoms with Crippen molar-refractivity contribution in [3.63, 3.8) is 0 Å². The molecule has 3 aromatic rings. The van der Waals surface area contributed by atoms with Crippen LogP contribution in [-0.2, 0) is 0 Å². The molecule has 0 saturated heterocycles. The average Bonchev–Trinajstić information content (AvgIpc) is 3.17. The number of para-hydroxylation sites is 1. The Balaban J connectivity index is 1.60. The number of ether oxygens (including phenoxy) is 1. The van der Waals surface area contributed by atoms with E-state index < -0.39 is 19.2 Å². The van der Waals surface area contributed by atoms with Crippen LogP contribution in [-0.4, -0.2) is 34.4 Å². The molecule has 1 unspecified atom stereocenters. The van der Waals surface area contributed by atoms with E-state index in [1.54, 1.807) is 30.3 Å². The maximum atomic E-state index is 12.5. The van der Waals surface area contributed by atoms with Gasteiger partial charge in [-0.3, -0.25) is 4.79 Å². The molecule has 7 nitrogen and oxygen atoms in total. The molecule has 1 amide bonds. The number of alkyl halides is 2. The predicted molar refractivity (Wildman–Crippen MR) is 98.3 cm³/mol. The first-order valence-corrected chi connectivity index (χ1v) is 8.62. The Hall–Kier alpha value is -3.49. The van der Waals surface area contributed by atoms with Gasteiger partial charge in [-0.1, -0.05) is 12.1 Å². The molecule has 144 valence electrons. The van der Waals surface area contributed by atoms with Crippen LogP contribution < -0.4 is 15.4 Å². The van der Waals surface area contributed by atoms with Crippen LogP contribution in [0.25, 0.3) is 11.3 Å². The number of rotatable bonds is 5. The van der Waals surface area contributed by atoms with Gasteiger partial charge in [0.1, 0.15) is 29.9 Å². The van der Waals surface area contributed by atoms with Crippen molar-refractivity contribution < 1.29 is 18.3 Å². The molecule has 1 aliphatic rings. The second-order valence-corrected chi connectivity index (χ2v) is 6.33. The highest BCUT2D eigenvalue weighted by Crippen LogP contribution is 2.32. The minimum absolute atomic E-state index is 0.202. The number of benzene rings is 2. The number of carbonyl (C=O) groups is 1. The summed E-state index contributed by atoms with van der Waals surface area (Å²) in [5, 5.41) is 17.1. The van der Waals surface area contributed by atoms with Crippen LogP contribution in [0.1, 0.15) is 27.8 Å². The Labute approximate surface area is 159 Å². The lowest BCUT2D eigenvalue weighted by molar-refractivity contribution is 0.0819. The summed E-state index contributed by atoms with van der Waals surface area (Å²) >= 11 is 0. The molecule has 9 heteroatoms. The van der Waals surface area contributed by atoms with E-state index in [2.05, 4.69) is 26.0 Å². The average molecular weight is 385 g/mol. The second-order valence-electron chi connectivity index (χ2n) is 6.33. The molecule has 0 bridgehead atoms. The topological polar surface area (TPSA) is 91.9 Å². The van der Waals surface area contributed by atoms with E-state index >= 15 is 0 Å². The first-order chi connectivity index (χ1) is 13.5. The van der Waals surface area contributed by atoms with Crippen LogP contribution in [0.4, 0.5) is 14.5 Å². The largest absolute Gasteiger partial charge is 0.488 e. The third-order valence-electron chi connectivity index (χ3n) is 4.43. The number of H-pyrrole nitrogens is 1. The molecule has 0 saturated carbocycles. The van der Waals surface area contributed by atoms with Gasteiger partial charge in [0, 0.05) is 5.56 Å². The van der Waals surface area contributed by atoms with Crippen molar-refractivity contribution in [3.05, 3.63) is 59.3 Å². The smallest absolute Gasteiger partial charge is 0.272 e. The minimum Gasteiger partial charge on any atom is -0.488 e. The fourth-order valence-electron chi connectivity index (χ4n) is 3.10. The number of aromatic amines is 1. The number of halogens is 2. The minimum atomic E-state index is -2.53. The van der Waals surface area contributed by atoms with Crippen molar-refractivity contribution in [1.29, 1.82) is 0 Å². The van der Waals surface area contributed by atoms with E-state index in [0.29, 0.717) is 28.3 Å². The van der Waals surface area contributed by atoms with Crippen LogP contribution in [0.3, 0.4) is 0 Å². The SMILES string of the molecule is Cc1cccc2c1NC(c1n[nH]nc1-c1ccc(OCC(F)F)cc1)NC2=O. The third-order valence-corrected chi connectivity index (χ3v) is 4.43. The first-order valence-electron chi connectivity index (χ1n) is 8.62. The molecule has 2 heterocycles. The molecule has 4 rings (SSSR count). The number of aryl methyl sites for hydroxylation is 1. The summed E-state index contributed by atoms with van der Waals surface area (Å²) < 4.78 is 29.5. The van der Waals surface area contributed by atoms with Gasteiger partial charge in [0.2, 0.25) is 0 Å². The molecular formula is C19H17F2N5O2. The number of amides is 1. The number of nitrogens with zero attached hydrogens (tertiary/aromatic N) is 2. The fourth-order valence-corrected chi connectivity index (χ4v) is 3.10. The normalized spacial score (nSPS) is 15.7. The van der Waals surface area contributed by atoms with Crippen LogP contribution in [0.2, 0.25) is 0 Å². The van der Waals surface area contributed by atoms with Gasteiger partial charge in [0.15, 0.2) is 0 Å². The molecule has 28 heavy (non-hydrogen) atoms. The maximum absolute atomic E-state index is 12.5. The van der Waals surface area contributed by atoms with Gasteiger partial charge in [0.05, 0.1) is 11.3 Å². The van der Waals surface area contributed by atoms with Crippen LogP contribution >= 0.6 is 0 Å². The Morgan fingerprint density at radius 2 is 1.89 bits per heavy atom. The highest BCUT2D eigenvalue weighted by Gasteiger charge is 2.29. The Bertz CT molecular complexity index is 1000. The summed E-state index contributed by atoms with van der Waals surface area (Å²) in [6.45, 7) is 1.26.